The summed E-state index contributed by atoms with van der Waals surface area (Å²) in [4.78, 5) is 15.8. The minimum absolute atomic E-state index is 0.00429. The van der Waals surface area contributed by atoms with Gasteiger partial charge in [-0.1, -0.05) is 48.5 Å². The average Bonchev–Trinajstić information content (AvgIpc) is 2.98. The maximum absolute atomic E-state index is 11.3. The Morgan fingerprint density at radius 1 is 1.00 bits per heavy atom. The molecule has 0 aliphatic carbocycles. The zero-order valence-electron chi connectivity index (χ0n) is 14.2. The van der Waals surface area contributed by atoms with E-state index in [0.29, 0.717) is 0 Å². The highest BCUT2D eigenvalue weighted by Crippen LogP contribution is 2.23. The fourth-order valence-electron chi connectivity index (χ4n) is 2.53. The second-order valence-corrected chi connectivity index (χ2v) is 5.71. The van der Waals surface area contributed by atoms with Gasteiger partial charge in [0, 0.05) is 11.3 Å². The minimum atomic E-state index is -0.00429. The van der Waals surface area contributed by atoms with Crippen molar-refractivity contribution >= 4 is 17.3 Å². The maximum atomic E-state index is 11.3. The van der Waals surface area contributed by atoms with Crippen molar-refractivity contribution in [1.82, 2.24) is 9.66 Å². The molecule has 0 saturated heterocycles. The van der Waals surface area contributed by atoms with Gasteiger partial charge in [0.2, 0.25) is 0 Å². The topological polar surface area (TPSA) is 59.0 Å². The Hall–Kier alpha value is -3.34. The molecule has 0 amide bonds. The zero-order chi connectivity index (χ0) is 17.6. The normalized spacial score (nSPS) is 11.2. The number of rotatable bonds is 6. The van der Waals surface area contributed by atoms with Gasteiger partial charge in [0.1, 0.15) is 5.82 Å². The van der Waals surface area contributed by atoms with Crippen molar-refractivity contribution in [3.63, 3.8) is 0 Å². The Morgan fingerprint density at radius 3 is 2.28 bits per heavy atom. The van der Waals surface area contributed by atoms with Crippen LogP contribution >= 0.6 is 0 Å². The first kappa shape index (κ1) is 16.5. The van der Waals surface area contributed by atoms with E-state index in [1.807, 2.05) is 72.3 Å². The lowest BCUT2D eigenvalue weighted by Crippen LogP contribution is -2.14. The van der Waals surface area contributed by atoms with Gasteiger partial charge in [-0.2, -0.15) is 0 Å². The summed E-state index contributed by atoms with van der Waals surface area (Å²) in [6.45, 7) is 3.38. The minimum Gasteiger partial charge on any atom is -0.343 e. The first-order chi connectivity index (χ1) is 12.1. The number of nitrogens with one attached hydrogen (secondary N) is 2. The molecule has 1 heterocycles. The molecule has 126 valence electrons. The zero-order valence-corrected chi connectivity index (χ0v) is 14.2. The summed E-state index contributed by atoms with van der Waals surface area (Å²) in [7, 11) is 0. The van der Waals surface area contributed by atoms with Crippen LogP contribution in [0.3, 0.4) is 0 Å². The summed E-state index contributed by atoms with van der Waals surface area (Å²) in [6, 6.07) is 19.8. The Balaban J connectivity index is 2.00. The summed E-state index contributed by atoms with van der Waals surface area (Å²) >= 11 is 0. The quantitative estimate of drug-likeness (QED) is 0.660. The van der Waals surface area contributed by atoms with E-state index in [-0.39, 0.29) is 5.78 Å². The standard InChI is InChI=1S/C20H20N4O/c1-15(13-16(2)25)22-19-14-21-20(17-9-5-3-6-10-17)24(19)23-18-11-7-4-8-12-18/h3-14,22-23H,1-2H3/b15-13+. The first-order valence-electron chi connectivity index (χ1n) is 8.04. The number of imidazole rings is 1. The lowest BCUT2D eigenvalue weighted by molar-refractivity contribution is -0.112. The van der Waals surface area contributed by atoms with E-state index in [9.17, 15) is 4.79 Å². The van der Waals surface area contributed by atoms with Gasteiger partial charge in [-0.3, -0.25) is 10.2 Å². The van der Waals surface area contributed by atoms with Crippen molar-refractivity contribution in [3.05, 3.63) is 78.6 Å². The van der Waals surface area contributed by atoms with Crippen molar-refractivity contribution in [2.75, 3.05) is 10.7 Å². The lowest BCUT2D eigenvalue weighted by Gasteiger charge is -2.15. The number of aromatic nitrogens is 2. The van der Waals surface area contributed by atoms with Crippen LogP contribution in [-0.4, -0.2) is 15.4 Å². The molecule has 0 unspecified atom stereocenters. The van der Waals surface area contributed by atoms with Crippen LogP contribution in [-0.2, 0) is 4.79 Å². The molecule has 0 saturated carbocycles. The van der Waals surface area contributed by atoms with E-state index in [2.05, 4.69) is 15.7 Å². The maximum Gasteiger partial charge on any atom is 0.160 e. The molecule has 0 spiro atoms. The van der Waals surface area contributed by atoms with E-state index < -0.39 is 0 Å². The van der Waals surface area contributed by atoms with Crippen LogP contribution < -0.4 is 10.7 Å². The number of carbonyl (C=O) groups is 1. The average molecular weight is 332 g/mol. The molecule has 0 fully saturated rings. The predicted molar refractivity (Wildman–Crippen MR) is 101 cm³/mol. The number of hydrogen-bond acceptors (Lipinski definition) is 4. The van der Waals surface area contributed by atoms with Gasteiger partial charge in [0.05, 0.1) is 11.9 Å². The summed E-state index contributed by atoms with van der Waals surface area (Å²) in [6.07, 6.45) is 3.30. The Morgan fingerprint density at radius 2 is 1.64 bits per heavy atom. The van der Waals surface area contributed by atoms with E-state index in [0.717, 1.165) is 28.6 Å². The molecular weight excluding hydrogens is 312 g/mol. The predicted octanol–water partition coefficient (Wildman–Crippen LogP) is 4.33. The molecule has 3 aromatic rings. The highest BCUT2D eigenvalue weighted by atomic mass is 16.1. The van der Waals surface area contributed by atoms with E-state index in [1.165, 1.54) is 6.92 Å². The number of benzene rings is 2. The number of para-hydroxylation sites is 1. The first-order valence-corrected chi connectivity index (χ1v) is 8.04. The largest absolute Gasteiger partial charge is 0.343 e. The Kier molecular flexibility index (Phi) is 4.95. The van der Waals surface area contributed by atoms with Gasteiger partial charge in [0.25, 0.3) is 0 Å². The third-order valence-corrected chi connectivity index (χ3v) is 3.55. The van der Waals surface area contributed by atoms with Gasteiger partial charge < -0.3 is 5.32 Å². The van der Waals surface area contributed by atoms with Crippen molar-refractivity contribution < 1.29 is 4.79 Å². The Labute approximate surface area is 147 Å². The summed E-state index contributed by atoms with van der Waals surface area (Å²) in [5.41, 5.74) is 6.04. The third-order valence-electron chi connectivity index (χ3n) is 3.55. The van der Waals surface area contributed by atoms with Crippen molar-refractivity contribution in [3.8, 4) is 11.4 Å². The number of ketones is 1. The van der Waals surface area contributed by atoms with Crippen LogP contribution in [0.25, 0.3) is 11.4 Å². The van der Waals surface area contributed by atoms with Gasteiger partial charge in [-0.15, -0.1) is 0 Å². The summed E-state index contributed by atoms with van der Waals surface area (Å²) in [5, 5.41) is 3.23. The molecule has 0 radical (unpaired) electrons. The summed E-state index contributed by atoms with van der Waals surface area (Å²) in [5.74, 6) is 1.52. The molecule has 0 bridgehead atoms. The molecule has 0 atom stereocenters. The smallest absolute Gasteiger partial charge is 0.160 e. The van der Waals surface area contributed by atoms with Gasteiger partial charge in [-0.25, -0.2) is 9.66 Å². The SMILES string of the molecule is CC(=O)/C=C(\C)Nc1cnc(-c2ccccc2)n1Nc1ccccc1. The van der Waals surface area contributed by atoms with E-state index in [4.69, 9.17) is 0 Å². The Bertz CT molecular complexity index is 883. The molecule has 0 aliphatic heterocycles. The van der Waals surface area contributed by atoms with Crippen LogP contribution in [0.4, 0.5) is 11.5 Å². The highest BCUT2D eigenvalue weighted by Gasteiger charge is 2.12. The molecule has 2 aromatic carbocycles. The molecule has 2 N–H and O–H groups in total. The van der Waals surface area contributed by atoms with Gasteiger partial charge in [-0.05, 0) is 32.1 Å². The van der Waals surface area contributed by atoms with E-state index >= 15 is 0 Å². The van der Waals surface area contributed by atoms with E-state index in [1.54, 1.807) is 12.3 Å². The van der Waals surface area contributed by atoms with Crippen LogP contribution in [0.2, 0.25) is 0 Å². The molecule has 3 rings (SSSR count). The second kappa shape index (κ2) is 7.49. The highest BCUT2D eigenvalue weighted by molar-refractivity contribution is 5.88. The number of nitrogens with zero attached hydrogens (tertiary/aromatic N) is 2. The van der Waals surface area contributed by atoms with Crippen LogP contribution in [0, 0.1) is 0 Å². The fraction of sp³-hybridized carbons (Fsp3) is 0.100. The number of anilines is 2. The monoisotopic (exact) mass is 332 g/mol. The number of carbonyl (C=O) groups excluding carboxylic acids is 1. The molecule has 1 aromatic heterocycles. The van der Waals surface area contributed by atoms with Crippen LogP contribution in [0.5, 0.6) is 0 Å². The van der Waals surface area contributed by atoms with Gasteiger partial charge >= 0.3 is 0 Å². The van der Waals surface area contributed by atoms with Crippen LogP contribution in [0.15, 0.2) is 78.6 Å². The number of hydrogen-bond donors (Lipinski definition) is 2. The van der Waals surface area contributed by atoms with Crippen molar-refractivity contribution in [1.29, 1.82) is 0 Å². The second-order valence-electron chi connectivity index (χ2n) is 5.71. The number of allylic oxidation sites excluding steroid dienone is 2. The van der Waals surface area contributed by atoms with Crippen molar-refractivity contribution in [2.24, 2.45) is 0 Å². The lowest BCUT2D eigenvalue weighted by atomic mass is 10.2. The van der Waals surface area contributed by atoms with Crippen LogP contribution in [0.1, 0.15) is 13.8 Å². The fourth-order valence-corrected chi connectivity index (χ4v) is 2.53. The van der Waals surface area contributed by atoms with Gasteiger partial charge in [0.15, 0.2) is 11.6 Å². The molecule has 25 heavy (non-hydrogen) atoms. The molecule has 5 nitrogen and oxygen atoms in total. The summed E-state index contributed by atoms with van der Waals surface area (Å²) < 4.78 is 1.88. The molecule has 5 heteroatoms. The third kappa shape index (κ3) is 4.14. The molecular formula is C20H20N4O. The van der Waals surface area contributed by atoms with Crippen molar-refractivity contribution in [2.45, 2.75) is 13.8 Å². The molecule has 0 aliphatic rings.